The Labute approximate surface area is 172 Å². The molecule has 4 aliphatic rings. The van der Waals surface area contributed by atoms with Gasteiger partial charge in [0.1, 0.15) is 0 Å². The molecule has 28 heavy (non-hydrogen) atoms. The van der Waals surface area contributed by atoms with E-state index in [1.165, 1.54) is 68.9 Å². The number of carbonyl (C=O) groups excluding carboxylic acids is 1. The fourth-order valence-electron chi connectivity index (χ4n) is 6.89. The van der Waals surface area contributed by atoms with Crippen LogP contribution < -0.4 is 0 Å². The highest BCUT2D eigenvalue weighted by molar-refractivity contribution is 5.97. The zero-order chi connectivity index (χ0) is 19.9. The number of carbonyl (C=O) groups is 1. The summed E-state index contributed by atoms with van der Waals surface area (Å²) in [5.74, 6) is 3.06. The number of fused-ring (bicyclic) bond motifs is 1. The minimum atomic E-state index is 0.322. The third kappa shape index (κ3) is 3.62. The second kappa shape index (κ2) is 7.81. The maximum Gasteiger partial charge on any atom is 0.158 e. The Bertz CT molecular complexity index is 719. The molecule has 0 radical (unpaired) electrons. The molecule has 0 aromatic carbocycles. The van der Waals surface area contributed by atoms with Crippen molar-refractivity contribution in [2.75, 3.05) is 0 Å². The molecule has 4 rings (SSSR count). The van der Waals surface area contributed by atoms with Gasteiger partial charge in [0.2, 0.25) is 0 Å². The molecule has 1 heteroatoms. The van der Waals surface area contributed by atoms with Crippen LogP contribution in [0.4, 0.5) is 0 Å². The lowest BCUT2D eigenvalue weighted by Crippen LogP contribution is -2.34. The van der Waals surface area contributed by atoms with E-state index in [2.05, 4.69) is 39.2 Å². The summed E-state index contributed by atoms with van der Waals surface area (Å²) in [6, 6.07) is 0. The minimum absolute atomic E-state index is 0.322. The number of Topliss-reactive ketones (excluding diaryl/α,β-unsaturated/α-hetero) is 1. The molecule has 0 N–H and O–H groups in total. The Morgan fingerprint density at radius 2 is 1.89 bits per heavy atom. The molecule has 5 unspecified atom stereocenters. The van der Waals surface area contributed by atoms with Crippen molar-refractivity contribution in [2.45, 2.75) is 84.5 Å². The van der Waals surface area contributed by atoms with Gasteiger partial charge in [-0.05, 0) is 110 Å². The predicted molar refractivity (Wildman–Crippen MR) is 118 cm³/mol. The van der Waals surface area contributed by atoms with Crippen LogP contribution in [0.5, 0.6) is 0 Å². The Balaban J connectivity index is 1.48. The van der Waals surface area contributed by atoms with E-state index in [-0.39, 0.29) is 0 Å². The summed E-state index contributed by atoms with van der Waals surface area (Å²) in [5, 5.41) is 0. The molecule has 0 aromatic heterocycles. The minimum Gasteiger partial charge on any atom is -0.295 e. The zero-order valence-corrected chi connectivity index (χ0v) is 18.1. The van der Waals surface area contributed by atoms with E-state index < -0.39 is 0 Å². The Hall–Kier alpha value is -1.37. The molecule has 0 amide bonds. The van der Waals surface area contributed by atoms with E-state index in [1.807, 2.05) is 0 Å². The standard InChI is InChI=1S/C27H38O/c1-18-7-5-8-22(20(18)3)10-11-23-9-6-14-27(4)24(12-13-25(23)27)16-21-15-19(2)26(28)17-21/h10-11,18,21,24-25H,2-3,5-9,12-17H2,1,4H3/b22-10-,23-11+. The second-order valence-electron chi connectivity index (χ2n) is 10.5. The highest BCUT2D eigenvalue weighted by Crippen LogP contribution is 2.59. The number of allylic oxidation sites excluding steroid dienone is 6. The van der Waals surface area contributed by atoms with E-state index in [0.717, 1.165) is 30.3 Å². The van der Waals surface area contributed by atoms with Crippen LogP contribution in [-0.4, -0.2) is 5.78 Å². The largest absolute Gasteiger partial charge is 0.295 e. The summed E-state index contributed by atoms with van der Waals surface area (Å²) in [5.41, 5.74) is 5.88. The van der Waals surface area contributed by atoms with E-state index in [4.69, 9.17) is 0 Å². The molecule has 0 saturated heterocycles. The van der Waals surface area contributed by atoms with Gasteiger partial charge in [-0.2, -0.15) is 0 Å². The first-order chi connectivity index (χ1) is 13.4. The molecule has 152 valence electrons. The third-order valence-corrected chi connectivity index (χ3v) is 8.77. The maximum atomic E-state index is 11.9. The molecule has 0 aromatic rings. The number of ketones is 1. The number of hydrogen-bond acceptors (Lipinski definition) is 1. The van der Waals surface area contributed by atoms with Gasteiger partial charge >= 0.3 is 0 Å². The highest BCUT2D eigenvalue weighted by atomic mass is 16.1. The third-order valence-electron chi connectivity index (χ3n) is 8.77. The summed E-state index contributed by atoms with van der Waals surface area (Å²) in [7, 11) is 0. The smallest absolute Gasteiger partial charge is 0.158 e. The van der Waals surface area contributed by atoms with E-state index in [1.54, 1.807) is 5.57 Å². The molecule has 0 heterocycles. The van der Waals surface area contributed by atoms with Gasteiger partial charge in [-0.3, -0.25) is 4.79 Å². The van der Waals surface area contributed by atoms with Crippen molar-refractivity contribution in [3.8, 4) is 0 Å². The number of hydrogen-bond donors (Lipinski definition) is 0. The molecule has 5 atom stereocenters. The van der Waals surface area contributed by atoms with Crippen LogP contribution in [0.25, 0.3) is 0 Å². The van der Waals surface area contributed by atoms with E-state index >= 15 is 0 Å². The first-order valence-corrected chi connectivity index (χ1v) is 11.7. The van der Waals surface area contributed by atoms with E-state index in [9.17, 15) is 4.79 Å². The van der Waals surface area contributed by atoms with Crippen LogP contribution in [0, 0.1) is 29.1 Å². The molecule has 0 spiro atoms. The van der Waals surface area contributed by atoms with Crippen molar-refractivity contribution in [3.63, 3.8) is 0 Å². The zero-order valence-electron chi connectivity index (χ0n) is 18.1. The van der Waals surface area contributed by atoms with Crippen molar-refractivity contribution >= 4 is 5.78 Å². The summed E-state index contributed by atoms with van der Waals surface area (Å²) in [6.45, 7) is 13.2. The fraction of sp³-hybridized carbons (Fsp3) is 0.667. The SMILES string of the molecule is C=C1CC(CC2CCC3/C(=C/C=C4/CCCC(C)C4=C)CCCC23C)CC1=O. The van der Waals surface area contributed by atoms with Gasteiger partial charge in [0.05, 0.1) is 0 Å². The monoisotopic (exact) mass is 378 g/mol. The molecule has 0 bridgehead atoms. The van der Waals surface area contributed by atoms with Crippen LogP contribution in [0.15, 0.2) is 47.6 Å². The van der Waals surface area contributed by atoms with Crippen molar-refractivity contribution in [2.24, 2.45) is 29.1 Å². The quantitative estimate of drug-likeness (QED) is 0.469. The first-order valence-electron chi connectivity index (χ1n) is 11.7. The van der Waals surface area contributed by atoms with Crippen LogP contribution in [0.1, 0.15) is 84.5 Å². The topological polar surface area (TPSA) is 17.1 Å². The Morgan fingerprint density at radius 3 is 2.64 bits per heavy atom. The first kappa shape index (κ1) is 19.9. The van der Waals surface area contributed by atoms with Crippen molar-refractivity contribution in [1.29, 1.82) is 0 Å². The van der Waals surface area contributed by atoms with Crippen LogP contribution in [0.2, 0.25) is 0 Å². The van der Waals surface area contributed by atoms with Crippen LogP contribution in [0.3, 0.4) is 0 Å². The number of rotatable bonds is 3. The Morgan fingerprint density at radius 1 is 1.07 bits per heavy atom. The lowest BCUT2D eigenvalue weighted by Gasteiger charge is -2.43. The van der Waals surface area contributed by atoms with Gasteiger partial charge in [0, 0.05) is 6.42 Å². The fourth-order valence-corrected chi connectivity index (χ4v) is 6.89. The molecule has 4 fully saturated rings. The molecule has 0 aliphatic heterocycles. The van der Waals surface area contributed by atoms with Gasteiger partial charge in [0.15, 0.2) is 5.78 Å². The average Bonchev–Trinajstić information content (AvgIpc) is 3.16. The summed E-state index contributed by atoms with van der Waals surface area (Å²) in [4.78, 5) is 11.9. The lowest BCUT2D eigenvalue weighted by atomic mass is 9.62. The highest BCUT2D eigenvalue weighted by Gasteiger charge is 2.49. The molecular weight excluding hydrogens is 340 g/mol. The second-order valence-corrected chi connectivity index (χ2v) is 10.5. The molecule has 4 saturated carbocycles. The van der Waals surface area contributed by atoms with E-state index in [0.29, 0.717) is 23.0 Å². The normalized spacial score (nSPS) is 41.9. The summed E-state index contributed by atoms with van der Waals surface area (Å²) < 4.78 is 0. The molecular formula is C27H38O. The summed E-state index contributed by atoms with van der Waals surface area (Å²) in [6.07, 6.45) is 18.3. The predicted octanol–water partition coefficient (Wildman–Crippen LogP) is 7.36. The molecule has 1 nitrogen and oxygen atoms in total. The van der Waals surface area contributed by atoms with Crippen molar-refractivity contribution in [1.82, 2.24) is 0 Å². The van der Waals surface area contributed by atoms with Gasteiger partial charge in [-0.25, -0.2) is 0 Å². The molecule has 4 aliphatic carbocycles. The Kier molecular flexibility index (Phi) is 5.55. The van der Waals surface area contributed by atoms with Gasteiger partial charge in [-0.1, -0.05) is 44.7 Å². The average molecular weight is 379 g/mol. The van der Waals surface area contributed by atoms with Crippen LogP contribution >= 0.6 is 0 Å². The van der Waals surface area contributed by atoms with Gasteiger partial charge in [-0.15, -0.1) is 0 Å². The van der Waals surface area contributed by atoms with Crippen molar-refractivity contribution < 1.29 is 4.79 Å². The lowest BCUT2D eigenvalue weighted by molar-refractivity contribution is -0.114. The van der Waals surface area contributed by atoms with Crippen molar-refractivity contribution in [3.05, 3.63) is 47.6 Å². The summed E-state index contributed by atoms with van der Waals surface area (Å²) >= 11 is 0. The maximum absolute atomic E-state index is 11.9. The van der Waals surface area contributed by atoms with Gasteiger partial charge in [0.25, 0.3) is 0 Å². The van der Waals surface area contributed by atoms with Crippen LogP contribution in [-0.2, 0) is 4.79 Å². The van der Waals surface area contributed by atoms with Gasteiger partial charge < -0.3 is 0 Å².